The number of phenols is 1. The number of nitrogens with two attached hydrogens (primary N) is 4. The van der Waals surface area contributed by atoms with E-state index in [-0.39, 0.29) is 83.4 Å². The molecule has 0 saturated heterocycles. The number of aldehydes is 1. The summed E-state index contributed by atoms with van der Waals surface area (Å²) in [7, 11) is 0. The van der Waals surface area contributed by atoms with Crippen LogP contribution in [0.15, 0.2) is 97.2 Å². The maximum atomic E-state index is 14.8. The van der Waals surface area contributed by atoms with E-state index in [4.69, 9.17) is 22.9 Å². The second-order valence-corrected chi connectivity index (χ2v) is 23.0. The molecule has 17 N–H and O–H groups in total. The number of nitrogens with zero attached hydrogens (tertiary/aromatic N) is 1. The number of hydrogen-bond acceptors (Lipinski definition) is 15. The molecule has 26 nitrogen and oxygen atoms in total. The summed E-state index contributed by atoms with van der Waals surface area (Å²) in [5, 5.41) is 31.4. The number of hydrogen-bond donors (Lipinski definition) is 13. The van der Waals surface area contributed by atoms with Gasteiger partial charge in [-0.3, -0.25) is 52.7 Å². The molecule has 0 fully saturated rings. The number of aromatic hydroxyl groups is 1. The quantitative estimate of drug-likeness (QED) is 0.0249. The number of rotatable bonds is 36. The SMILES string of the molecule is CC(C)C[C@H](NC(=O)[C@H](CCCN)NC(=O)[C@@H](NC(=O)[C@H](Cc1ccc(O)cc1)NC(=O)[C@H](CCC(N)=O)NC(=O)[C@@H](N)CC(N)=O)C(C)C)C(=O)N[C@H](Cc1ccccc1)C(=O)N1C=CC[C@@H]1C(=O)N[C@H](C(=O)N[C@@H](C=O)Cc1ccccc1)C(C)C.[Cl-].[H+]. The van der Waals surface area contributed by atoms with Crippen LogP contribution in [0.25, 0.3) is 0 Å². The third kappa shape index (κ3) is 24.7. The molecule has 0 spiro atoms. The Morgan fingerprint density at radius 1 is 0.573 bits per heavy atom. The summed E-state index contributed by atoms with van der Waals surface area (Å²) in [6, 6.07) is 10.6. The number of primary amides is 2. The van der Waals surface area contributed by atoms with Gasteiger partial charge in [-0.25, -0.2) is 0 Å². The topological polar surface area (TPSA) is 429 Å². The Morgan fingerprint density at radius 2 is 1.04 bits per heavy atom. The standard InChI is InChI=1S/C62H87N13O13.ClH/c1-35(2)29-46(57(83)72-48(32-39-17-11-8-12-18-39)62(88)75-28-14-20-49(75)59(85)74-52(36(3)4)60(86)67-41(34-76)30-38-15-9-7-10-16-38)70-55(81)44(19-13-27-63)69-61(87)53(37(5)6)73-58(84)47(31-40-21-23-42(77)24-22-40)71-56(82)45(25-26-50(65)78)68-54(80)43(64)33-51(66)79;/h7-12,14-18,21-24,28,34-37,41,43-49,52-53,77H,13,19-20,25-27,29-33,63-64H2,1-6H3,(H2,65,78)(H2,66,79)(H,67,86)(H,68,80)(H,69,87)(H,70,81)(H,71,82)(H,72,83)(H,73,84)(H,74,85);1H/t41-,43+,44+,45+,46+,47+,48-,49-,52+,53+;/m1./s1. The lowest BCUT2D eigenvalue weighted by Gasteiger charge is -2.31. The van der Waals surface area contributed by atoms with E-state index in [0.29, 0.717) is 17.4 Å². The first-order chi connectivity index (χ1) is 41.7. The van der Waals surface area contributed by atoms with Crippen LogP contribution in [0.5, 0.6) is 5.75 Å². The zero-order valence-electron chi connectivity index (χ0n) is 52.1. The van der Waals surface area contributed by atoms with Crippen molar-refractivity contribution in [2.45, 2.75) is 166 Å². The summed E-state index contributed by atoms with van der Waals surface area (Å²) in [5.41, 5.74) is 24.2. The van der Waals surface area contributed by atoms with Gasteiger partial charge in [0.1, 0.15) is 60.4 Å². The Morgan fingerprint density at radius 3 is 1.58 bits per heavy atom. The number of nitrogens with one attached hydrogen (secondary N) is 8. The zero-order chi connectivity index (χ0) is 65.2. The normalized spacial score (nSPS) is 15.7. The molecule has 89 heavy (non-hydrogen) atoms. The number of halogens is 1. The van der Waals surface area contributed by atoms with Crippen LogP contribution in [0.2, 0.25) is 0 Å². The van der Waals surface area contributed by atoms with Crippen molar-refractivity contribution in [3.05, 3.63) is 114 Å². The monoisotopic (exact) mass is 1260 g/mol. The lowest BCUT2D eigenvalue weighted by atomic mass is 9.98. The van der Waals surface area contributed by atoms with E-state index in [2.05, 4.69) is 42.5 Å². The molecule has 11 amide bonds. The molecule has 4 rings (SSSR count). The minimum Gasteiger partial charge on any atom is -1.00 e. The van der Waals surface area contributed by atoms with Gasteiger partial charge >= 0.3 is 1.43 Å². The molecule has 27 heteroatoms. The summed E-state index contributed by atoms with van der Waals surface area (Å²) in [6.45, 7) is 10.4. The predicted molar refractivity (Wildman–Crippen MR) is 327 cm³/mol. The van der Waals surface area contributed by atoms with E-state index in [1.807, 2.05) is 44.2 Å². The van der Waals surface area contributed by atoms with E-state index < -0.39 is 150 Å². The Kier molecular flexibility index (Phi) is 31.1. The van der Waals surface area contributed by atoms with Gasteiger partial charge < -0.3 is 92.7 Å². The minimum atomic E-state index is -1.51. The Hall–Kier alpha value is -8.75. The van der Waals surface area contributed by atoms with Gasteiger partial charge in [0.05, 0.1) is 18.5 Å². The highest BCUT2D eigenvalue weighted by atomic mass is 35.5. The molecule has 3 aromatic rings. The Balaban J connectivity index is 0.0000138. The first kappa shape index (κ1) is 74.5. The molecule has 0 saturated carbocycles. The molecule has 3 aromatic carbocycles. The van der Waals surface area contributed by atoms with Crippen LogP contribution in [0, 0.1) is 17.8 Å². The molecule has 0 radical (unpaired) electrons. The summed E-state index contributed by atoms with van der Waals surface area (Å²) in [5.74, 6) is -10.3. The van der Waals surface area contributed by atoms with Crippen LogP contribution in [0.1, 0.15) is 105 Å². The van der Waals surface area contributed by atoms with E-state index in [1.165, 1.54) is 35.4 Å². The second kappa shape index (κ2) is 37.2. The third-order valence-electron chi connectivity index (χ3n) is 14.4. The first-order valence-corrected chi connectivity index (χ1v) is 29.5. The highest BCUT2D eigenvalue weighted by Gasteiger charge is 2.40. The van der Waals surface area contributed by atoms with Gasteiger partial charge in [0.15, 0.2) is 0 Å². The van der Waals surface area contributed by atoms with Gasteiger partial charge in [-0.05, 0) is 91.6 Å². The molecule has 0 unspecified atom stereocenters. The molecule has 10 atom stereocenters. The predicted octanol–water partition coefficient (Wildman–Crippen LogP) is -3.71. The van der Waals surface area contributed by atoms with E-state index >= 15 is 0 Å². The highest BCUT2D eigenvalue weighted by molar-refractivity contribution is 5.99. The number of amides is 11. The second-order valence-electron chi connectivity index (χ2n) is 23.0. The maximum absolute atomic E-state index is 14.8. The van der Waals surface area contributed by atoms with E-state index in [9.17, 15) is 62.6 Å². The van der Waals surface area contributed by atoms with Gasteiger partial charge in [-0.15, -0.1) is 0 Å². The summed E-state index contributed by atoms with van der Waals surface area (Å²) >= 11 is 0. The largest absolute Gasteiger partial charge is 1.00 e. The highest BCUT2D eigenvalue weighted by Crippen LogP contribution is 2.20. The van der Waals surface area contributed by atoms with Crippen LogP contribution >= 0.6 is 0 Å². The van der Waals surface area contributed by atoms with Gasteiger partial charge in [-0.2, -0.15) is 0 Å². The lowest BCUT2D eigenvalue weighted by molar-refractivity contribution is -0.141. The van der Waals surface area contributed by atoms with Crippen LogP contribution in [-0.2, 0) is 76.8 Å². The fraction of sp³-hybridized carbons (Fsp3) is 0.484. The molecule has 1 aliphatic heterocycles. The van der Waals surface area contributed by atoms with Crippen molar-refractivity contribution in [1.82, 2.24) is 47.4 Å². The smallest absolute Gasteiger partial charge is 1.00 e. The van der Waals surface area contributed by atoms with Crippen LogP contribution in [0.4, 0.5) is 0 Å². The lowest BCUT2D eigenvalue weighted by Crippen LogP contribution is -3.00. The first-order valence-electron chi connectivity index (χ1n) is 29.5. The van der Waals surface area contributed by atoms with Crippen molar-refractivity contribution in [2.75, 3.05) is 6.54 Å². The van der Waals surface area contributed by atoms with Crippen molar-refractivity contribution in [3.8, 4) is 5.75 Å². The van der Waals surface area contributed by atoms with Crippen molar-refractivity contribution in [3.63, 3.8) is 0 Å². The van der Waals surface area contributed by atoms with E-state index in [0.717, 1.165) is 5.56 Å². The zero-order valence-corrected chi connectivity index (χ0v) is 51.8. The van der Waals surface area contributed by atoms with Crippen LogP contribution in [-0.4, -0.2) is 148 Å². The Labute approximate surface area is 526 Å². The molecule has 0 aliphatic carbocycles. The molecular weight excluding hydrogens is 1170 g/mol. The fourth-order valence-corrected chi connectivity index (χ4v) is 9.65. The average Bonchev–Trinajstić information content (AvgIpc) is 3.59. The fourth-order valence-electron chi connectivity index (χ4n) is 9.65. The molecule has 1 heterocycles. The molecule has 1 aliphatic rings. The summed E-state index contributed by atoms with van der Waals surface area (Å²) < 4.78 is 0. The summed E-state index contributed by atoms with van der Waals surface area (Å²) in [4.78, 5) is 164. The number of phenolic OH excluding ortho intramolecular Hbond substituents is 1. The van der Waals surface area contributed by atoms with Crippen molar-refractivity contribution < 1.29 is 76.5 Å². The van der Waals surface area contributed by atoms with Crippen LogP contribution in [0.3, 0.4) is 0 Å². The van der Waals surface area contributed by atoms with Gasteiger partial charge in [-0.1, -0.05) is 120 Å². The van der Waals surface area contributed by atoms with Gasteiger partial charge in [0.2, 0.25) is 65.0 Å². The van der Waals surface area contributed by atoms with Crippen molar-refractivity contribution in [1.29, 1.82) is 0 Å². The summed E-state index contributed by atoms with van der Waals surface area (Å²) in [6.07, 6.45) is 2.60. The van der Waals surface area contributed by atoms with E-state index in [1.54, 1.807) is 64.1 Å². The number of benzene rings is 3. The average molecular weight is 1260 g/mol. The van der Waals surface area contributed by atoms with Crippen molar-refractivity contribution in [2.24, 2.45) is 40.7 Å². The molecule has 0 bridgehead atoms. The third-order valence-corrected chi connectivity index (χ3v) is 14.4. The molecule has 0 aromatic heterocycles. The van der Waals surface area contributed by atoms with Crippen LogP contribution < -0.4 is 77.9 Å². The van der Waals surface area contributed by atoms with Gasteiger partial charge in [0.25, 0.3) is 0 Å². The Bertz CT molecular complexity index is 2930. The number of carbonyl (C=O) groups is 12. The minimum absolute atomic E-state index is 0. The molecule has 486 valence electrons. The number of carbonyl (C=O) groups excluding carboxylic acids is 12. The van der Waals surface area contributed by atoms with Crippen molar-refractivity contribution >= 4 is 71.3 Å². The molecular formula is C62H88ClN13O13. The maximum Gasteiger partial charge on any atom is 1.00 e. The van der Waals surface area contributed by atoms with Gasteiger partial charge in [0, 0.05) is 25.5 Å².